The molecule has 172 valence electrons. The SMILES string of the molecule is Cc1ccc(-c2nnc(SCc3ccc(C(=O)N4CCCC4)cc3)n2-c2ccccc2C)cc1. The van der Waals surface area contributed by atoms with E-state index in [9.17, 15) is 4.79 Å². The summed E-state index contributed by atoms with van der Waals surface area (Å²) in [4.78, 5) is 14.6. The molecule has 1 aromatic heterocycles. The Morgan fingerprint density at radius 1 is 0.882 bits per heavy atom. The molecule has 1 aliphatic heterocycles. The van der Waals surface area contributed by atoms with Crippen LogP contribution in [0.15, 0.2) is 78.0 Å². The van der Waals surface area contributed by atoms with E-state index in [1.807, 2.05) is 41.3 Å². The van der Waals surface area contributed by atoms with E-state index in [4.69, 9.17) is 0 Å². The molecule has 0 saturated carbocycles. The minimum absolute atomic E-state index is 0.138. The van der Waals surface area contributed by atoms with Crippen molar-refractivity contribution in [1.29, 1.82) is 0 Å². The summed E-state index contributed by atoms with van der Waals surface area (Å²) in [6.07, 6.45) is 2.21. The molecule has 1 fully saturated rings. The molecule has 0 unspecified atom stereocenters. The maximum absolute atomic E-state index is 12.6. The van der Waals surface area contributed by atoms with Crippen molar-refractivity contribution < 1.29 is 4.79 Å². The largest absolute Gasteiger partial charge is 0.339 e. The number of hydrogen-bond donors (Lipinski definition) is 0. The van der Waals surface area contributed by atoms with Crippen LogP contribution in [-0.4, -0.2) is 38.7 Å². The zero-order valence-electron chi connectivity index (χ0n) is 19.6. The second-order valence-corrected chi connectivity index (χ2v) is 9.72. The molecule has 0 spiro atoms. The average molecular weight is 469 g/mol. The number of carbonyl (C=O) groups is 1. The molecule has 1 amide bonds. The monoisotopic (exact) mass is 468 g/mol. The highest BCUT2D eigenvalue weighted by molar-refractivity contribution is 7.98. The lowest BCUT2D eigenvalue weighted by molar-refractivity contribution is 0.0793. The molecule has 34 heavy (non-hydrogen) atoms. The molecule has 0 atom stereocenters. The molecule has 4 aromatic rings. The summed E-state index contributed by atoms with van der Waals surface area (Å²) < 4.78 is 2.15. The van der Waals surface area contributed by atoms with Gasteiger partial charge in [0.05, 0.1) is 5.69 Å². The van der Waals surface area contributed by atoms with E-state index >= 15 is 0 Å². The fourth-order valence-corrected chi connectivity index (χ4v) is 5.18. The van der Waals surface area contributed by atoms with Gasteiger partial charge in [-0.05, 0) is 56.0 Å². The Labute approximate surface area is 204 Å². The smallest absolute Gasteiger partial charge is 0.253 e. The van der Waals surface area contributed by atoms with Crippen molar-refractivity contribution in [3.8, 4) is 17.1 Å². The quantitative estimate of drug-likeness (QED) is 0.322. The summed E-state index contributed by atoms with van der Waals surface area (Å²) in [5, 5.41) is 9.98. The number of likely N-dealkylation sites (tertiary alicyclic amines) is 1. The summed E-state index contributed by atoms with van der Waals surface area (Å²) in [6.45, 7) is 5.93. The Bertz CT molecular complexity index is 1290. The number of rotatable bonds is 6. The van der Waals surface area contributed by atoms with Crippen molar-refractivity contribution in [2.45, 2.75) is 37.6 Å². The summed E-state index contributed by atoms with van der Waals surface area (Å²) in [6, 6.07) is 24.7. The van der Waals surface area contributed by atoms with E-state index in [1.165, 1.54) is 11.1 Å². The molecule has 3 aromatic carbocycles. The van der Waals surface area contributed by atoms with Gasteiger partial charge in [-0.2, -0.15) is 0 Å². The third-order valence-electron chi connectivity index (χ3n) is 6.26. The van der Waals surface area contributed by atoms with Gasteiger partial charge in [0.2, 0.25) is 0 Å². The number of benzene rings is 3. The first-order valence-electron chi connectivity index (χ1n) is 11.7. The van der Waals surface area contributed by atoms with Crippen molar-refractivity contribution in [3.63, 3.8) is 0 Å². The minimum Gasteiger partial charge on any atom is -0.339 e. The molecule has 2 heterocycles. The van der Waals surface area contributed by atoms with Gasteiger partial charge >= 0.3 is 0 Å². The highest BCUT2D eigenvalue weighted by Gasteiger charge is 2.20. The predicted octanol–water partition coefficient (Wildman–Crippen LogP) is 6.08. The Morgan fingerprint density at radius 3 is 2.29 bits per heavy atom. The Kier molecular flexibility index (Phi) is 6.50. The molecule has 5 rings (SSSR count). The van der Waals surface area contributed by atoms with Gasteiger partial charge in [-0.25, -0.2) is 0 Å². The number of aromatic nitrogens is 3. The zero-order chi connectivity index (χ0) is 23.5. The number of carbonyl (C=O) groups excluding carboxylic acids is 1. The fraction of sp³-hybridized carbons (Fsp3) is 0.250. The number of thioether (sulfide) groups is 1. The molecule has 1 aliphatic rings. The Balaban J connectivity index is 1.40. The lowest BCUT2D eigenvalue weighted by Crippen LogP contribution is -2.27. The van der Waals surface area contributed by atoms with Crippen LogP contribution < -0.4 is 0 Å². The van der Waals surface area contributed by atoms with E-state index in [0.717, 1.165) is 65.0 Å². The van der Waals surface area contributed by atoms with Crippen LogP contribution in [-0.2, 0) is 5.75 Å². The fourth-order valence-electron chi connectivity index (χ4n) is 4.28. The van der Waals surface area contributed by atoms with Gasteiger partial charge in [-0.1, -0.05) is 71.9 Å². The van der Waals surface area contributed by atoms with E-state index in [-0.39, 0.29) is 5.91 Å². The lowest BCUT2D eigenvalue weighted by Gasteiger charge is -2.15. The first-order chi connectivity index (χ1) is 16.6. The van der Waals surface area contributed by atoms with Crippen LogP contribution in [0.5, 0.6) is 0 Å². The predicted molar refractivity (Wildman–Crippen MR) is 137 cm³/mol. The molecule has 0 bridgehead atoms. The van der Waals surface area contributed by atoms with Gasteiger partial charge in [0, 0.05) is 30.0 Å². The van der Waals surface area contributed by atoms with Crippen LogP contribution in [0.2, 0.25) is 0 Å². The minimum atomic E-state index is 0.138. The van der Waals surface area contributed by atoms with Crippen LogP contribution in [0.25, 0.3) is 17.1 Å². The van der Waals surface area contributed by atoms with Gasteiger partial charge in [0.25, 0.3) is 5.91 Å². The number of aryl methyl sites for hydroxylation is 2. The number of nitrogens with zero attached hydrogens (tertiary/aromatic N) is 4. The zero-order valence-corrected chi connectivity index (χ0v) is 20.4. The summed E-state index contributed by atoms with van der Waals surface area (Å²) >= 11 is 1.66. The summed E-state index contributed by atoms with van der Waals surface area (Å²) in [5.41, 5.74) is 6.42. The van der Waals surface area contributed by atoms with Crippen molar-refractivity contribution in [2.75, 3.05) is 13.1 Å². The topological polar surface area (TPSA) is 51.0 Å². The van der Waals surface area contributed by atoms with E-state index in [1.54, 1.807) is 11.8 Å². The number of hydrogen-bond acceptors (Lipinski definition) is 4. The number of amides is 1. The van der Waals surface area contributed by atoms with Crippen molar-refractivity contribution in [3.05, 3.63) is 95.1 Å². The lowest BCUT2D eigenvalue weighted by atomic mass is 10.1. The highest BCUT2D eigenvalue weighted by atomic mass is 32.2. The maximum atomic E-state index is 12.6. The first-order valence-corrected chi connectivity index (χ1v) is 12.7. The first kappa shape index (κ1) is 22.4. The van der Waals surface area contributed by atoms with Gasteiger partial charge in [0.15, 0.2) is 11.0 Å². The molecule has 6 heteroatoms. The molecule has 0 radical (unpaired) electrons. The number of para-hydroxylation sites is 1. The van der Waals surface area contributed by atoms with Crippen molar-refractivity contribution in [1.82, 2.24) is 19.7 Å². The van der Waals surface area contributed by atoms with E-state index in [2.05, 4.69) is 65.0 Å². The van der Waals surface area contributed by atoms with Crippen LogP contribution in [0.4, 0.5) is 0 Å². The van der Waals surface area contributed by atoms with Gasteiger partial charge < -0.3 is 4.90 Å². The molecule has 1 saturated heterocycles. The van der Waals surface area contributed by atoms with Gasteiger partial charge in [0.1, 0.15) is 0 Å². The standard InChI is InChI=1S/C28H28N4OS/c1-20-9-13-23(14-10-20)26-29-30-28(32(26)25-8-4-3-7-21(25)2)34-19-22-11-15-24(16-12-22)27(33)31-17-5-6-18-31/h3-4,7-16H,5-6,17-19H2,1-2H3. The van der Waals surface area contributed by atoms with Crippen molar-refractivity contribution >= 4 is 17.7 Å². The maximum Gasteiger partial charge on any atom is 0.253 e. The van der Waals surface area contributed by atoms with Crippen LogP contribution in [0.3, 0.4) is 0 Å². The van der Waals surface area contributed by atoms with E-state index < -0.39 is 0 Å². The Morgan fingerprint density at radius 2 is 1.59 bits per heavy atom. The summed E-state index contributed by atoms with van der Waals surface area (Å²) in [5.74, 6) is 1.72. The van der Waals surface area contributed by atoms with Crippen LogP contribution in [0, 0.1) is 13.8 Å². The average Bonchev–Trinajstić information content (AvgIpc) is 3.54. The normalized spacial score (nSPS) is 13.4. The van der Waals surface area contributed by atoms with Gasteiger partial charge in [-0.3, -0.25) is 9.36 Å². The van der Waals surface area contributed by atoms with Crippen molar-refractivity contribution in [2.24, 2.45) is 0 Å². The second kappa shape index (κ2) is 9.85. The summed E-state index contributed by atoms with van der Waals surface area (Å²) in [7, 11) is 0. The third-order valence-corrected chi connectivity index (χ3v) is 7.26. The third kappa shape index (κ3) is 4.64. The molecule has 0 N–H and O–H groups in total. The highest BCUT2D eigenvalue weighted by Crippen LogP contribution is 2.31. The van der Waals surface area contributed by atoms with Crippen LogP contribution >= 0.6 is 11.8 Å². The Hall–Kier alpha value is -3.38. The van der Waals surface area contributed by atoms with Crippen LogP contribution in [0.1, 0.15) is 39.9 Å². The molecule has 0 aliphatic carbocycles. The molecule has 5 nitrogen and oxygen atoms in total. The molecular formula is C28H28N4OS. The second-order valence-electron chi connectivity index (χ2n) is 8.78. The molecular weight excluding hydrogens is 440 g/mol. The van der Waals surface area contributed by atoms with E-state index in [0.29, 0.717) is 0 Å². The van der Waals surface area contributed by atoms with Gasteiger partial charge in [-0.15, -0.1) is 10.2 Å².